The van der Waals surface area contributed by atoms with Crippen LogP contribution in [0.1, 0.15) is 11.1 Å². The van der Waals surface area contributed by atoms with E-state index in [2.05, 4.69) is 9.97 Å². The van der Waals surface area contributed by atoms with Gasteiger partial charge in [-0.2, -0.15) is 0 Å². The zero-order chi connectivity index (χ0) is 13.2. The molecule has 6 heteroatoms. The Kier molecular flexibility index (Phi) is 2.83. The van der Waals surface area contributed by atoms with E-state index in [9.17, 15) is 10.1 Å². The quantitative estimate of drug-likeness (QED) is 0.606. The van der Waals surface area contributed by atoms with Crippen LogP contribution in [0.5, 0.6) is 0 Å². The highest BCUT2D eigenvalue weighted by atomic mass is 16.6. The molecule has 0 amide bonds. The highest BCUT2D eigenvalue weighted by molar-refractivity contribution is 5.45. The molecule has 0 saturated heterocycles. The number of hydrogen-bond donors (Lipinski definition) is 0. The summed E-state index contributed by atoms with van der Waals surface area (Å²) < 4.78 is 0. The standard InChI is InChI=1S/C13H12N4O2/c18-17(19)12-3-2-10-4-7-16(9-11(10)8-12)13-14-5-1-6-15-13/h1-3,5-6,8H,4,7,9H2. The Morgan fingerprint density at radius 2 is 2.00 bits per heavy atom. The van der Waals surface area contributed by atoms with Crippen LogP contribution in [0.4, 0.5) is 11.6 Å². The van der Waals surface area contributed by atoms with E-state index in [1.54, 1.807) is 30.6 Å². The molecule has 0 aliphatic carbocycles. The molecule has 19 heavy (non-hydrogen) atoms. The van der Waals surface area contributed by atoms with Gasteiger partial charge in [-0.1, -0.05) is 6.07 Å². The lowest BCUT2D eigenvalue weighted by Gasteiger charge is -2.28. The van der Waals surface area contributed by atoms with E-state index in [1.165, 1.54) is 0 Å². The molecule has 2 aromatic rings. The lowest BCUT2D eigenvalue weighted by atomic mass is 9.99. The zero-order valence-electron chi connectivity index (χ0n) is 10.2. The Morgan fingerprint density at radius 1 is 1.21 bits per heavy atom. The summed E-state index contributed by atoms with van der Waals surface area (Å²) in [6.45, 7) is 1.44. The van der Waals surface area contributed by atoms with Gasteiger partial charge in [0, 0.05) is 37.6 Å². The van der Waals surface area contributed by atoms with E-state index < -0.39 is 0 Å². The van der Waals surface area contributed by atoms with E-state index in [-0.39, 0.29) is 10.6 Å². The Morgan fingerprint density at radius 3 is 2.74 bits per heavy atom. The maximum absolute atomic E-state index is 10.8. The number of nitro groups is 1. The van der Waals surface area contributed by atoms with Crippen molar-refractivity contribution in [3.63, 3.8) is 0 Å². The van der Waals surface area contributed by atoms with Crippen LogP contribution in [0.2, 0.25) is 0 Å². The van der Waals surface area contributed by atoms with Crippen LogP contribution in [-0.2, 0) is 13.0 Å². The average Bonchev–Trinajstić information content (AvgIpc) is 2.47. The second kappa shape index (κ2) is 4.64. The van der Waals surface area contributed by atoms with Crippen molar-refractivity contribution in [1.82, 2.24) is 9.97 Å². The van der Waals surface area contributed by atoms with Gasteiger partial charge in [0.2, 0.25) is 5.95 Å². The van der Waals surface area contributed by atoms with Crippen molar-refractivity contribution in [2.75, 3.05) is 11.4 Å². The van der Waals surface area contributed by atoms with Crippen LogP contribution in [0.25, 0.3) is 0 Å². The number of nitro benzene ring substituents is 1. The van der Waals surface area contributed by atoms with Crippen LogP contribution in [-0.4, -0.2) is 21.4 Å². The first-order valence-corrected chi connectivity index (χ1v) is 6.02. The molecule has 0 unspecified atom stereocenters. The molecule has 1 aromatic heterocycles. The number of fused-ring (bicyclic) bond motifs is 1. The van der Waals surface area contributed by atoms with Gasteiger partial charge in [0.05, 0.1) is 4.92 Å². The summed E-state index contributed by atoms with van der Waals surface area (Å²) in [4.78, 5) is 20.9. The Balaban J connectivity index is 1.90. The maximum atomic E-state index is 10.8. The predicted octanol–water partition coefficient (Wildman–Crippen LogP) is 1.95. The van der Waals surface area contributed by atoms with Crippen molar-refractivity contribution in [3.8, 4) is 0 Å². The molecule has 1 aliphatic rings. The summed E-state index contributed by atoms with van der Waals surface area (Å²) in [7, 11) is 0. The Bertz CT molecular complexity index is 615. The second-order valence-electron chi connectivity index (χ2n) is 4.43. The van der Waals surface area contributed by atoms with E-state index in [0.717, 1.165) is 24.1 Å². The highest BCUT2D eigenvalue weighted by Crippen LogP contribution is 2.25. The monoisotopic (exact) mass is 256 g/mol. The molecule has 6 nitrogen and oxygen atoms in total. The molecule has 0 radical (unpaired) electrons. The summed E-state index contributed by atoms with van der Waals surface area (Å²) in [5.41, 5.74) is 2.28. The summed E-state index contributed by atoms with van der Waals surface area (Å²) >= 11 is 0. The number of non-ortho nitro benzene ring substituents is 1. The van der Waals surface area contributed by atoms with Gasteiger partial charge in [-0.05, 0) is 23.6 Å². The zero-order valence-corrected chi connectivity index (χ0v) is 10.2. The first-order valence-electron chi connectivity index (χ1n) is 6.02. The normalized spacial score (nSPS) is 14.0. The number of hydrogen-bond acceptors (Lipinski definition) is 5. The minimum Gasteiger partial charge on any atom is -0.336 e. The molecule has 0 atom stereocenters. The number of rotatable bonds is 2. The van der Waals surface area contributed by atoms with Crippen molar-refractivity contribution >= 4 is 11.6 Å². The highest BCUT2D eigenvalue weighted by Gasteiger charge is 2.20. The van der Waals surface area contributed by atoms with Gasteiger partial charge >= 0.3 is 0 Å². The van der Waals surface area contributed by atoms with E-state index in [0.29, 0.717) is 12.5 Å². The molecule has 0 spiro atoms. The molecule has 1 aromatic carbocycles. The number of aromatic nitrogens is 2. The first kappa shape index (κ1) is 11.6. The lowest BCUT2D eigenvalue weighted by molar-refractivity contribution is -0.384. The second-order valence-corrected chi connectivity index (χ2v) is 4.43. The fourth-order valence-electron chi connectivity index (χ4n) is 2.28. The molecule has 0 bridgehead atoms. The minimum atomic E-state index is -0.363. The van der Waals surface area contributed by atoms with Crippen LogP contribution in [0.15, 0.2) is 36.7 Å². The molecule has 0 saturated carbocycles. The van der Waals surface area contributed by atoms with Crippen molar-refractivity contribution in [3.05, 3.63) is 57.9 Å². The van der Waals surface area contributed by atoms with Crippen molar-refractivity contribution in [2.45, 2.75) is 13.0 Å². The Hall–Kier alpha value is -2.50. The molecular weight excluding hydrogens is 244 g/mol. The Labute approximate surface area is 109 Å². The first-order chi connectivity index (χ1) is 9.24. The van der Waals surface area contributed by atoms with Crippen LogP contribution in [0.3, 0.4) is 0 Å². The van der Waals surface area contributed by atoms with E-state index in [1.807, 2.05) is 11.0 Å². The fraction of sp³-hybridized carbons (Fsp3) is 0.231. The summed E-state index contributed by atoms with van der Waals surface area (Å²) in [5, 5.41) is 10.8. The third-order valence-corrected chi connectivity index (χ3v) is 3.25. The van der Waals surface area contributed by atoms with Gasteiger partial charge in [-0.3, -0.25) is 10.1 Å². The average molecular weight is 256 g/mol. The minimum absolute atomic E-state index is 0.134. The third-order valence-electron chi connectivity index (χ3n) is 3.25. The predicted molar refractivity (Wildman–Crippen MR) is 69.9 cm³/mol. The SMILES string of the molecule is O=[N+]([O-])c1ccc2c(c1)CN(c1ncccn1)CC2. The summed E-state index contributed by atoms with van der Waals surface area (Å²) in [6.07, 6.45) is 4.25. The number of benzene rings is 1. The third kappa shape index (κ3) is 2.24. The molecule has 2 heterocycles. The fourth-order valence-corrected chi connectivity index (χ4v) is 2.28. The summed E-state index contributed by atoms with van der Waals surface area (Å²) in [5.74, 6) is 0.666. The van der Waals surface area contributed by atoms with Gasteiger partial charge in [0.25, 0.3) is 5.69 Å². The lowest BCUT2D eigenvalue weighted by Crippen LogP contribution is -2.31. The van der Waals surface area contributed by atoms with Crippen LogP contribution in [0, 0.1) is 10.1 Å². The van der Waals surface area contributed by atoms with Crippen molar-refractivity contribution < 1.29 is 4.92 Å². The molecule has 3 rings (SSSR count). The summed E-state index contributed by atoms with van der Waals surface area (Å²) in [6, 6.07) is 6.82. The topological polar surface area (TPSA) is 72.2 Å². The maximum Gasteiger partial charge on any atom is 0.269 e. The molecule has 0 fully saturated rings. The molecule has 0 N–H and O–H groups in total. The molecular formula is C13H12N4O2. The van der Waals surface area contributed by atoms with Gasteiger partial charge < -0.3 is 4.90 Å². The van der Waals surface area contributed by atoms with E-state index >= 15 is 0 Å². The van der Waals surface area contributed by atoms with Crippen LogP contribution >= 0.6 is 0 Å². The largest absolute Gasteiger partial charge is 0.336 e. The number of anilines is 1. The van der Waals surface area contributed by atoms with Crippen molar-refractivity contribution in [1.29, 1.82) is 0 Å². The van der Waals surface area contributed by atoms with Gasteiger partial charge in [0.15, 0.2) is 0 Å². The van der Waals surface area contributed by atoms with Gasteiger partial charge in [0.1, 0.15) is 0 Å². The van der Waals surface area contributed by atoms with Crippen LogP contribution < -0.4 is 4.90 Å². The smallest absolute Gasteiger partial charge is 0.269 e. The van der Waals surface area contributed by atoms with Gasteiger partial charge in [-0.15, -0.1) is 0 Å². The number of nitrogens with zero attached hydrogens (tertiary/aromatic N) is 4. The van der Waals surface area contributed by atoms with Crippen molar-refractivity contribution in [2.24, 2.45) is 0 Å². The van der Waals surface area contributed by atoms with E-state index in [4.69, 9.17) is 0 Å². The van der Waals surface area contributed by atoms with Gasteiger partial charge in [-0.25, -0.2) is 9.97 Å². The molecule has 96 valence electrons. The molecule has 1 aliphatic heterocycles.